The molecule has 37 heavy (non-hydrogen) atoms. The summed E-state index contributed by atoms with van der Waals surface area (Å²) < 4.78 is 76.1. The van der Waals surface area contributed by atoms with Gasteiger partial charge in [-0.3, -0.25) is 4.79 Å². The molecule has 0 amide bonds. The maximum absolute atomic E-state index is 13.8. The number of fused-ring (bicyclic) bond motifs is 1. The Morgan fingerprint density at radius 3 is 2.35 bits per heavy atom. The van der Waals surface area contributed by atoms with Crippen LogP contribution in [-0.2, 0) is 17.5 Å². The molecule has 0 aliphatic carbocycles. The number of carbonyl (C=O) groups excluding carboxylic acids is 1. The van der Waals surface area contributed by atoms with Crippen molar-refractivity contribution >= 4 is 16.9 Å². The van der Waals surface area contributed by atoms with Crippen molar-refractivity contribution < 1.29 is 41.0 Å². The van der Waals surface area contributed by atoms with Gasteiger partial charge in [0.05, 0.1) is 17.6 Å². The second-order valence-electron chi connectivity index (χ2n) is 7.89. The van der Waals surface area contributed by atoms with Crippen molar-refractivity contribution in [1.82, 2.24) is 0 Å². The molecule has 6 nitrogen and oxygen atoms in total. The molecule has 0 saturated heterocycles. The third-order valence-corrected chi connectivity index (χ3v) is 5.18. The van der Waals surface area contributed by atoms with Crippen molar-refractivity contribution in [2.45, 2.75) is 26.1 Å². The summed E-state index contributed by atoms with van der Waals surface area (Å²) in [7, 11) is 0. The normalized spacial score (nSPS) is 11.4. The van der Waals surface area contributed by atoms with Crippen molar-refractivity contribution in [3.63, 3.8) is 0 Å². The second kappa shape index (κ2) is 10.7. The molecule has 0 aliphatic rings. The highest BCUT2D eigenvalue weighted by atomic mass is 19.4. The molecule has 0 atom stereocenters. The van der Waals surface area contributed by atoms with Crippen LogP contribution in [-0.4, -0.2) is 12.6 Å². The fourth-order valence-electron chi connectivity index (χ4n) is 3.36. The van der Waals surface area contributed by atoms with Crippen LogP contribution in [0.2, 0.25) is 0 Å². The molecule has 0 spiro atoms. The van der Waals surface area contributed by atoms with Crippen LogP contribution in [0.25, 0.3) is 11.0 Å². The molecule has 1 heterocycles. The number of ether oxygens (including phenoxy) is 3. The molecule has 4 rings (SSSR count). The van der Waals surface area contributed by atoms with Crippen molar-refractivity contribution in [1.29, 1.82) is 0 Å². The first-order valence-electron chi connectivity index (χ1n) is 11.2. The summed E-state index contributed by atoms with van der Waals surface area (Å²) in [6.07, 6.45) is -4.43. The second-order valence-corrected chi connectivity index (χ2v) is 7.89. The van der Waals surface area contributed by atoms with Gasteiger partial charge in [0, 0.05) is 11.6 Å². The molecule has 0 radical (unpaired) electrons. The van der Waals surface area contributed by atoms with Gasteiger partial charge in [-0.15, -0.1) is 0 Å². The minimum absolute atomic E-state index is 0.0752. The van der Waals surface area contributed by atoms with Gasteiger partial charge < -0.3 is 18.6 Å². The zero-order valence-electron chi connectivity index (χ0n) is 19.4. The van der Waals surface area contributed by atoms with Crippen LogP contribution < -0.4 is 14.9 Å². The quantitative estimate of drug-likeness (QED) is 0.188. The van der Waals surface area contributed by atoms with Crippen molar-refractivity contribution in [3.05, 3.63) is 99.7 Å². The van der Waals surface area contributed by atoms with Crippen LogP contribution >= 0.6 is 0 Å². The molecule has 0 aliphatic heterocycles. The van der Waals surface area contributed by atoms with E-state index in [1.807, 2.05) is 6.92 Å². The molecule has 0 unspecified atom stereocenters. The molecular weight excluding hydrogens is 496 g/mol. The van der Waals surface area contributed by atoms with Crippen LogP contribution in [0.3, 0.4) is 0 Å². The number of hydrogen-bond acceptors (Lipinski definition) is 6. The average Bonchev–Trinajstić information content (AvgIpc) is 2.88. The molecule has 0 N–H and O–H groups in total. The van der Waals surface area contributed by atoms with Crippen LogP contribution in [0, 0.1) is 5.82 Å². The fourth-order valence-corrected chi connectivity index (χ4v) is 3.36. The number of rotatable bonds is 8. The van der Waals surface area contributed by atoms with Gasteiger partial charge in [-0.25, -0.2) is 9.18 Å². The highest BCUT2D eigenvalue weighted by Gasteiger charge is 2.40. The minimum atomic E-state index is -5.06. The predicted molar refractivity (Wildman–Crippen MR) is 125 cm³/mol. The monoisotopic (exact) mass is 516 g/mol. The van der Waals surface area contributed by atoms with Crippen LogP contribution in [0.15, 0.2) is 75.9 Å². The van der Waals surface area contributed by atoms with Gasteiger partial charge >= 0.3 is 12.1 Å². The molecule has 4 aromatic rings. The van der Waals surface area contributed by atoms with E-state index < -0.39 is 34.9 Å². The lowest BCUT2D eigenvalue weighted by Gasteiger charge is -2.14. The Labute approximate surface area is 208 Å². The van der Waals surface area contributed by atoms with E-state index in [0.717, 1.165) is 6.07 Å². The van der Waals surface area contributed by atoms with E-state index in [1.54, 1.807) is 6.07 Å². The van der Waals surface area contributed by atoms with E-state index in [9.17, 15) is 27.2 Å². The van der Waals surface area contributed by atoms with Gasteiger partial charge in [0.1, 0.15) is 29.5 Å². The SMILES string of the molecule is CCCOC(=O)c1ccc(Oc2c(C(F)(F)F)oc3cc(OCc4ccccc4F)ccc3c2=O)cc1. The Morgan fingerprint density at radius 2 is 1.68 bits per heavy atom. The highest BCUT2D eigenvalue weighted by molar-refractivity contribution is 5.89. The summed E-state index contributed by atoms with van der Waals surface area (Å²) in [5.41, 5.74) is -1.02. The lowest BCUT2D eigenvalue weighted by molar-refractivity contribution is -0.154. The first kappa shape index (κ1) is 25.7. The van der Waals surface area contributed by atoms with Crippen LogP contribution in [0.5, 0.6) is 17.2 Å². The highest BCUT2D eigenvalue weighted by Crippen LogP contribution is 2.38. The average molecular weight is 516 g/mol. The summed E-state index contributed by atoms with van der Waals surface area (Å²) in [5, 5.41) is -0.180. The van der Waals surface area contributed by atoms with E-state index in [4.69, 9.17) is 18.6 Å². The number of benzene rings is 3. The maximum Gasteiger partial charge on any atom is 0.453 e. The van der Waals surface area contributed by atoms with Gasteiger partial charge in [0.2, 0.25) is 11.2 Å². The number of esters is 1. The Bertz CT molecular complexity index is 1480. The van der Waals surface area contributed by atoms with Crippen molar-refractivity contribution in [2.75, 3.05) is 6.61 Å². The number of carbonyl (C=O) groups is 1. The van der Waals surface area contributed by atoms with Gasteiger partial charge in [-0.05, 0) is 48.9 Å². The van der Waals surface area contributed by atoms with E-state index in [2.05, 4.69) is 0 Å². The third-order valence-electron chi connectivity index (χ3n) is 5.18. The minimum Gasteiger partial charge on any atom is -0.489 e. The Hall–Kier alpha value is -4.34. The van der Waals surface area contributed by atoms with Gasteiger partial charge in [-0.1, -0.05) is 25.1 Å². The number of halogens is 4. The largest absolute Gasteiger partial charge is 0.489 e. The lowest BCUT2D eigenvalue weighted by atomic mass is 10.2. The first-order chi connectivity index (χ1) is 17.7. The molecule has 192 valence electrons. The Kier molecular flexibility index (Phi) is 7.47. The summed E-state index contributed by atoms with van der Waals surface area (Å²) in [6, 6.07) is 14.7. The van der Waals surface area contributed by atoms with Gasteiger partial charge in [0.15, 0.2) is 0 Å². The van der Waals surface area contributed by atoms with E-state index in [-0.39, 0.29) is 46.8 Å². The number of hydrogen-bond donors (Lipinski definition) is 0. The van der Waals surface area contributed by atoms with E-state index in [0.29, 0.717) is 6.42 Å². The summed E-state index contributed by atoms with van der Waals surface area (Å²) in [6.45, 7) is 1.87. The lowest BCUT2D eigenvalue weighted by Crippen LogP contribution is -2.15. The van der Waals surface area contributed by atoms with Crippen molar-refractivity contribution in [3.8, 4) is 17.2 Å². The van der Waals surface area contributed by atoms with E-state index in [1.165, 1.54) is 54.6 Å². The standard InChI is InChI=1S/C27H20F4O6/c1-2-13-34-26(33)16-7-9-18(10-8-16)36-24-23(32)20-12-11-19(14-22(20)37-25(24)27(29,30)31)35-15-17-5-3-4-6-21(17)28/h3-12,14H,2,13,15H2,1H3. The van der Waals surface area contributed by atoms with E-state index >= 15 is 0 Å². The van der Waals surface area contributed by atoms with Gasteiger partial charge in [-0.2, -0.15) is 13.2 Å². The smallest absolute Gasteiger partial charge is 0.453 e. The van der Waals surface area contributed by atoms with Crippen molar-refractivity contribution in [2.24, 2.45) is 0 Å². The van der Waals surface area contributed by atoms with Gasteiger partial charge in [0.25, 0.3) is 5.76 Å². The first-order valence-corrected chi connectivity index (χ1v) is 11.2. The molecular formula is C27H20F4O6. The maximum atomic E-state index is 13.8. The zero-order chi connectivity index (χ0) is 26.6. The molecule has 0 saturated carbocycles. The molecule has 1 aromatic heterocycles. The predicted octanol–water partition coefficient (Wildman–Crippen LogP) is 6.89. The zero-order valence-corrected chi connectivity index (χ0v) is 19.4. The van der Waals surface area contributed by atoms with Crippen LogP contribution in [0.1, 0.15) is 35.0 Å². The van der Waals surface area contributed by atoms with Crippen LogP contribution in [0.4, 0.5) is 17.6 Å². The number of alkyl halides is 3. The topological polar surface area (TPSA) is 75.0 Å². The Morgan fingerprint density at radius 1 is 0.973 bits per heavy atom. The molecule has 0 fully saturated rings. The molecule has 3 aromatic carbocycles. The summed E-state index contributed by atoms with van der Waals surface area (Å²) in [5.74, 6) is -3.83. The molecule has 10 heteroatoms. The summed E-state index contributed by atoms with van der Waals surface area (Å²) >= 11 is 0. The third kappa shape index (κ3) is 5.91. The molecule has 0 bridgehead atoms. The summed E-state index contributed by atoms with van der Waals surface area (Å²) in [4.78, 5) is 24.9. The fraction of sp³-hybridized carbons (Fsp3) is 0.185. The Balaban J connectivity index is 1.64.